The summed E-state index contributed by atoms with van der Waals surface area (Å²) in [6.45, 7) is 0. The highest BCUT2D eigenvalue weighted by molar-refractivity contribution is 5.71. The first-order chi connectivity index (χ1) is 7.43. The molecular weight excluding hydrogens is 216 g/mol. The minimum Gasteiger partial charge on any atom is -0.477 e. The molecule has 0 heterocycles. The zero-order valence-electron chi connectivity index (χ0n) is 8.41. The van der Waals surface area contributed by atoms with E-state index >= 15 is 0 Å². The monoisotopic (exact) mass is 228 g/mol. The zero-order chi connectivity index (χ0) is 12.6. The first kappa shape index (κ1) is 13.8. The molecule has 7 heteroatoms. The van der Waals surface area contributed by atoms with Crippen LogP contribution in [0.5, 0.6) is 0 Å². The highest BCUT2D eigenvalue weighted by Crippen LogP contribution is 2.00. The van der Waals surface area contributed by atoms with Crippen molar-refractivity contribution in [1.29, 1.82) is 0 Å². The SMILES string of the molecule is O=[N+]([O-])[O-].[NH3+][C@@H](Cc1ccccc1)C(=O)O. The van der Waals surface area contributed by atoms with Crippen molar-refractivity contribution < 1.29 is 20.7 Å². The molecule has 0 amide bonds. The van der Waals surface area contributed by atoms with Crippen LogP contribution in [0.3, 0.4) is 0 Å². The van der Waals surface area contributed by atoms with Crippen LogP contribution in [0.25, 0.3) is 0 Å². The van der Waals surface area contributed by atoms with Crippen LogP contribution >= 0.6 is 0 Å². The van der Waals surface area contributed by atoms with Crippen LogP contribution in [0.2, 0.25) is 0 Å². The molecule has 0 unspecified atom stereocenters. The first-order valence-electron chi connectivity index (χ1n) is 4.34. The van der Waals surface area contributed by atoms with Crippen molar-refractivity contribution in [3.05, 3.63) is 51.2 Å². The number of carboxylic acid groups (broad SMARTS) is 1. The maximum absolute atomic E-state index is 10.4. The summed E-state index contributed by atoms with van der Waals surface area (Å²) in [7, 11) is 0. The largest absolute Gasteiger partial charge is 0.477 e. The predicted octanol–water partition coefficient (Wildman–Crippen LogP) is -0.315. The third-order valence-corrected chi connectivity index (χ3v) is 1.67. The lowest BCUT2D eigenvalue weighted by molar-refractivity contribution is -0.407. The molecule has 1 atom stereocenters. The standard InChI is InChI=1S/C9H11NO2.NO3/c10-8(9(11)12)6-7-4-2-1-3-5-7;2-1(3)4/h1-5,8H,6,10H2,(H,11,12);/q;-1/p+1/t8-;/m0./s1. The van der Waals surface area contributed by atoms with Crippen LogP contribution in [0.4, 0.5) is 0 Å². The van der Waals surface area contributed by atoms with Gasteiger partial charge in [0.1, 0.15) is 0 Å². The van der Waals surface area contributed by atoms with Gasteiger partial charge in [-0.3, -0.25) is 0 Å². The third-order valence-electron chi connectivity index (χ3n) is 1.67. The third kappa shape index (κ3) is 7.27. The Balaban J connectivity index is 0.000000487. The second-order valence-electron chi connectivity index (χ2n) is 2.95. The summed E-state index contributed by atoms with van der Waals surface area (Å²) < 4.78 is 0. The number of rotatable bonds is 3. The van der Waals surface area contributed by atoms with Gasteiger partial charge in [-0.15, -0.1) is 0 Å². The molecular formula is C9H12N2O5. The molecule has 0 radical (unpaired) electrons. The number of carboxylic acids is 1. The molecule has 1 aromatic carbocycles. The van der Waals surface area contributed by atoms with E-state index in [9.17, 15) is 4.79 Å². The Labute approximate surface area is 91.2 Å². The fourth-order valence-corrected chi connectivity index (χ4v) is 0.986. The number of hydrogen-bond donors (Lipinski definition) is 2. The molecule has 0 spiro atoms. The molecule has 0 saturated heterocycles. The lowest BCUT2D eigenvalue weighted by Gasteiger charge is -2.02. The molecule has 0 aromatic heterocycles. The Bertz CT molecular complexity index is 337. The van der Waals surface area contributed by atoms with E-state index in [2.05, 4.69) is 5.73 Å². The maximum atomic E-state index is 10.4. The fraction of sp³-hybridized carbons (Fsp3) is 0.222. The second kappa shape index (κ2) is 7.18. The van der Waals surface area contributed by atoms with Gasteiger partial charge < -0.3 is 26.2 Å². The van der Waals surface area contributed by atoms with Gasteiger partial charge in [0.05, 0.1) is 5.09 Å². The fourth-order valence-electron chi connectivity index (χ4n) is 0.986. The molecule has 0 aliphatic heterocycles. The Kier molecular flexibility index (Phi) is 6.22. The molecule has 0 saturated carbocycles. The number of hydrogen-bond acceptors (Lipinski definition) is 4. The lowest BCUT2D eigenvalue weighted by atomic mass is 10.1. The zero-order valence-corrected chi connectivity index (χ0v) is 8.41. The number of quaternary nitrogens is 1. The van der Waals surface area contributed by atoms with Crippen LogP contribution in [0, 0.1) is 15.3 Å². The van der Waals surface area contributed by atoms with Crippen molar-refractivity contribution >= 4 is 5.97 Å². The molecule has 0 fully saturated rings. The van der Waals surface area contributed by atoms with Gasteiger partial charge in [-0.05, 0) is 5.56 Å². The smallest absolute Gasteiger partial charge is 0.362 e. The van der Waals surface area contributed by atoms with Crippen molar-refractivity contribution in [2.75, 3.05) is 0 Å². The van der Waals surface area contributed by atoms with Crippen LogP contribution in [0.1, 0.15) is 5.56 Å². The van der Waals surface area contributed by atoms with E-state index in [0.717, 1.165) is 5.56 Å². The van der Waals surface area contributed by atoms with E-state index in [0.29, 0.717) is 6.42 Å². The van der Waals surface area contributed by atoms with Crippen LogP contribution in [0.15, 0.2) is 30.3 Å². The number of nitrogens with zero attached hydrogens (tertiary/aromatic N) is 1. The second-order valence-corrected chi connectivity index (χ2v) is 2.95. The van der Waals surface area contributed by atoms with Gasteiger partial charge >= 0.3 is 5.97 Å². The van der Waals surface area contributed by atoms with Gasteiger partial charge in [0, 0.05) is 6.42 Å². The van der Waals surface area contributed by atoms with Crippen molar-refractivity contribution in [3.63, 3.8) is 0 Å². The molecule has 4 N–H and O–H groups in total. The summed E-state index contributed by atoms with van der Waals surface area (Å²) in [5, 5.41) is 23.3. The van der Waals surface area contributed by atoms with Crippen molar-refractivity contribution in [2.45, 2.75) is 12.5 Å². The quantitative estimate of drug-likeness (QED) is 0.540. The van der Waals surface area contributed by atoms with E-state index in [1.165, 1.54) is 0 Å². The summed E-state index contributed by atoms with van der Waals surface area (Å²) in [6, 6.07) is 8.95. The normalized spacial score (nSPS) is 10.8. The average Bonchev–Trinajstić information content (AvgIpc) is 2.18. The van der Waals surface area contributed by atoms with E-state index in [1.54, 1.807) is 0 Å². The van der Waals surface area contributed by atoms with Crippen molar-refractivity contribution in [2.24, 2.45) is 0 Å². The van der Waals surface area contributed by atoms with E-state index in [4.69, 9.17) is 20.4 Å². The molecule has 88 valence electrons. The Morgan fingerprint density at radius 2 is 1.81 bits per heavy atom. The summed E-state index contributed by atoms with van der Waals surface area (Å²) in [6.07, 6.45) is 0.496. The van der Waals surface area contributed by atoms with E-state index in [-0.39, 0.29) is 0 Å². The van der Waals surface area contributed by atoms with Crippen molar-refractivity contribution in [3.8, 4) is 0 Å². The highest BCUT2D eigenvalue weighted by atomic mass is 16.9. The summed E-state index contributed by atoms with van der Waals surface area (Å²) in [4.78, 5) is 18.7. The molecule has 7 nitrogen and oxygen atoms in total. The van der Waals surface area contributed by atoms with Crippen LogP contribution in [-0.4, -0.2) is 22.2 Å². The average molecular weight is 228 g/mol. The Morgan fingerprint density at radius 1 is 1.38 bits per heavy atom. The van der Waals surface area contributed by atoms with Gasteiger partial charge in [-0.1, -0.05) is 30.3 Å². The van der Waals surface area contributed by atoms with Crippen molar-refractivity contribution in [1.82, 2.24) is 0 Å². The van der Waals surface area contributed by atoms with E-state index < -0.39 is 17.1 Å². The van der Waals surface area contributed by atoms with Crippen LogP contribution < -0.4 is 5.73 Å². The molecule has 0 aliphatic rings. The summed E-state index contributed by atoms with van der Waals surface area (Å²) >= 11 is 0. The summed E-state index contributed by atoms with van der Waals surface area (Å²) in [5.74, 6) is -0.848. The van der Waals surface area contributed by atoms with Gasteiger partial charge in [0.15, 0.2) is 6.04 Å². The minimum atomic E-state index is -1.75. The topological polar surface area (TPSA) is 131 Å². The van der Waals surface area contributed by atoms with E-state index in [1.807, 2.05) is 30.3 Å². The Morgan fingerprint density at radius 3 is 2.19 bits per heavy atom. The highest BCUT2D eigenvalue weighted by Gasteiger charge is 2.15. The van der Waals surface area contributed by atoms with Gasteiger partial charge in [-0.2, -0.15) is 0 Å². The number of benzene rings is 1. The van der Waals surface area contributed by atoms with Gasteiger partial charge in [0.25, 0.3) is 0 Å². The summed E-state index contributed by atoms with van der Waals surface area (Å²) in [5.41, 5.74) is 4.55. The molecule has 0 bridgehead atoms. The number of aliphatic carboxylic acids is 1. The molecule has 1 aromatic rings. The van der Waals surface area contributed by atoms with Crippen LogP contribution in [-0.2, 0) is 11.2 Å². The Hall–Kier alpha value is -2.15. The van der Waals surface area contributed by atoms with Gasteiger partial charge in [0.2, 0.25) is 0 Å². The maximum Gasteiger partial charge on any atom is 0.362 e. The first-order valence-corrected chi connectivity index (χ1v) is 4.34. The minimum absolute atomic E-state index is 0.496. The molecule has 1 rings (SSSR count). The molecule has 0 aliphatic carbocycles. The van der Waals surface area contributed by atoms with Gasteiger partial charge in [-0.25, -0.2) is 4.79 Å². The lowest BCUT2D eigenvalue weighted by Crippen LogP contribution is -2.65. The predicted molar refractivity (Wildman–Crippen MR) is 54.8 cm³/mol. The molecule has 16 heavy (non-hydrogen) atoms. The number of carbonyl (C=O) groups is 1.